The highest BCUT2D eigenvalue weighted by atomic mass is 127. The van der Waals surface area contributed by atoms with Crippen LogP contribution < -0.4 is 10.6 Å². The molecule has 6 heteroatoms. The average molecular weight is 399 g/mol. The van der Waals surface area contributed by atoms with E-state index < -0.39 is 11.7 Å². The highest BCUT2D eigenvalue weighted by molar-refractivity contribution is 14.1. The lowest BCUT2D eigenvalue weighted by Crippen LogP contribution is -2.16. The molecular formula is C15H15FIN3O. The summed E-state index contributed by atoms with van der Waals surface area (Å²) in [5, 5.41) is 5.55. The van der Waals surface area contributed by atoms with E-state index in [1.807, 2.05) is 25.1 Å². The minimum Gasteiger partial charge on any atom is -0.368 e. The van der Waals surface area contributed by atoms with E-state index in [4.69, 9.17) is 0 Å². The molecule has 0 atom stereocenters. The van der Waals surface area contributed by atoms with Crippen molar-refractivity contribution in [2.24, 2.45) is 0 Å². The normalized spacial score (nSPS) is 10.2. The number of pyridine rings is 1. The van der Waals surface area contributed by atoms with E-state index in [-0.39, 0.29) is 11.4 Å². The van der Waals surface area contributed by atoms with Gasteiger partial charge in [-0.05, 0) is 53.3 Å². The van der Waals surface area contributed by atoms with Gasteiger partial charge in [0.15, 0.2) is 11.6 Å². The number of aromatic nitrogens is 1. The van der Waals surface area contributed by atoms with Crippen LogP contribution in [0.25, 0.3) is 0 Å². The number of hydrogen-bond donors (Lipinski definition) is 2. The average Bonchev–Trinajstić information content (AvgIpc) is 2.46. The van der Waals surface area contributed by atoms with E-state index in [1.54, 1.807) is 6.07 Å². The van der Waals surface area contributed by atoms with Gasteiger partial charge in [0.25, 0.3) is 5.91 Å². The number of carbonyl (C=O) groups is 1. The zero-order valence-electron chi connectivity index (χ0n) is 11.5. The molecular weight excluding hydrogens is 384 g/mol. The third-order valence-corrected chi connectivity index (χ3v) is 3.43. The van der Waals surface area contributed by atoms with Crippen molar-refractivity contribution >= 4 is 40.0 Å². The molecule has 0 fully saturated rings. The molecule has 0 radical (unpaired) electrons. The molecule has 0 aliphatic rings. The summed E-state index contributed by atoms with van der Waals surface area (Å²) in [5.74, 6) is -1.02. The molecule has 2 aromatic rings. The molecule has 2 rings (SSSR count). The van der Waals surface area contributed by atoms with Gasteiger partial charge in [0, 0.05) is 22.0 Å². The summed E-state index contributed by atoms with van der Waals surface area (Å²) >= 11 is 2.15. The second-order valence-electron chi connectivity index (χ2n) is 4.41. The molecule has 0 bridgehead atoms. The highest BCUT2D eigenvalue weighted by Crippen LogP contribution is 2.18. The van der Waals surface area contributed by atoms with Crippen molar-refractivity contribution in [3.63, 3.8) is 0 Å². The first-order chi connectivity index (χ1) is 10.1. The Bertz CT molecular complexity index is 649. The van der Waals surface area contributed by atoms with Crippen LogP contribution in [0.4, 0.5) is 15.9 Å². The zero-order chi connectivity index (χ0) is 15.2. The molecule has 0 aliphatic heterocycles. The lowest BCUT2D eigenvalue weighted by atomic mass is 10.2. The topological polar surface area (TPSA) is 54.0 Å². The van der Waals surface area contributed by atoms with Crippen molar-refractivity contribution in [2.45, 2.75) is 13.3 Å². The SMILES string of the molecule is CCCNc1nccc(C(=O)Nc2cccc(I)c2)c1F. The van der Waals surface area contributed by atoms with Crippen molar-refractivity contribution in [3.05, 3.63) is 51.5 Å². The lowest BCUT2D eigenvalue weighted by molar-refractivity contribution is 0.102. The van der Waals surface area contributed by atoms with Gasteiger partial charge in [0.2, 0.25) is 0 Å². The fourth-order valence-corrected chi connectivity index (χ4v) is 2.29. The maximum Gasteiger partial charge on any atom is 0.258 e. The van der Waals surface area contributed by atoms with E-state index in [2.05, 4.69) is 38.2 Å². The van der Waals surface area contributed by atoms with Gasteiger partial charge in [-0.1, -0.05) is 13.0 Å². The molecule has 1 amide bonds. The van der Waals surface area contributed by atoms with Crippen molar-refractivity contribution in [2.75, 3.05) is 17.2 Å². The molecule has 1 aromatic carbocycles. The first kappa shape index (κ1) is 15.7. The number of benzene rings is 1. The Morgan fingerprint density at radius 2 is 2.19 bits per heavy atom. The highest BCUT2D eigenvalue weighted by Gasteiger charge is 2.16. The summed E-state index contributed by atoms with van der Waals surface area (Å²) in [6, 6.07) is 8.68. The first-order valence-electron chi connectivity index (χ1n) is 6.57. The number of carbonyl (C=O) groups excluding carboxylic acids is 1. The summed E-state index contributed by atoms with van der Waals surface area (Å²) < 4.78 is 15.2. The Morgan fingerprint density at radius 1 is 1.38 bits per heavy atom. The number of nitrogens with zero attached hydrogens (tertiary/aromatic N) is 1. The summed E-state index contributed by atoms with van der Waals surface area (Å²) in [6.45, 7) is 2.57. The Hall–Kier alpha value is -1.70. The molecule has 4 nitrogen and oxygen atoms in total. The van der Waals surface area contributed by atoms with Crippen LogP contribution in [0.15, 0.2) is 36.5 Å². The van der Waals surface area contributed by atoms with E-state index in [0.717, 1.165) is 9.99 Å². The van der Waals surface area contributed by atoms with Gasteiger partial charge < -0.3 is 10.6 Å². The summed E-state index contributed by atoms with van der Waals surface area (Å²) in [5.41, 5.74) is 0.605. The molecule has 0 saturated heterocycles. The second-order valence-corrected chi connectivity index (χ2v) is 5.66. The zero-order valence-corrected chi connectivity index (χ0v) is 13.6. The molecule has 2 N–H and O–H groups in total. The van der Waals surface area contributed by atoms with Crippen LogP contribution in [0.1, 0.15) is 23.7 Å². The van der Waals surface area contributed by atoms with Crippen LogP contribution in [0.3, 0.4) is 0 Å². The Morgan fingerprint density at radius 3 is 2.90 bits per heavy atom. The Balaban J connectivity index is 2.19. The fraction of sp³-hybridized carbons (Fsp3) is 0.200. The van der Waals surface area contributed by atoms with E-state index in [0.29, 0.717) is 12.2 Å². The fourth-order valence-electron chi connectivity index (χ4n) is 1.75. The number of hydrogen-bond acceptors (Lipinski definition) is 3. The monoisotopic (exact) mass is 399 g/mol. The lowest BCUT2D eigenvalue weighted by Gasteiger charge is -2.09. The van der Waals surface area contributed by atoms with Crippen molar-refractivity contribution < 1.29 is 9.18 Å². The van der Waals surface area contributed by atoms with Gasteiger partial charge in [-0.3, -0.25) is 4.79 Å². The summed E-state index contributed by atoms with van der Waals surface area (Å²) in [4.78, 5) is 16.1. The van der Waals surface area contributed by atoms with Gasteiger partial charge in [-0.2, -0.15) is 0 Å². The number of anilines is 2. The van der Waals surface area contributed by atoms with Gasteiger partial charge >= 0.3 is 0 Å². The predicted octanol–water partition coefficient (Wildman–Crippen LogP) is 3.90. The largest absolute Gasteiger partial charge is 0.368 e. The van der Waals surface area contributed by atoms with E-state index >= 15 is 0 Å². The number of amides is 1. The van der Waals surface area contributed by atoms with Crippen molar-refractivity contribution in [3.8, 4) is 0 Å². The number of halogens is 2. The van der Waals surface area contributed by atoms with Crippen LogP contribution in [-0.2, 0) is 0 Å². The minimum atomic E-state index is -0.630. The molecule has 110 valence electrons. The maximum absolute atomic E-state index is 14.2. The van der Waals surface area contributed by atoms with Crippen LogP contribution in [-0.4, -0.2) is 17.4 Å². The number of nitrogens with one attached hydrogen (secondary N) is 2. The van der Waals surface area contributed by atoms with Gasteiger partial charge in [-0.15, -0.1) is 0 Å². The third kappa shape index (κ3) is 4.13. The molecule has 0 spiro atoms. The Labute approximate surface area is 136 Å². The summed E-state index contributed by atoms with van der Waals surface area (Å²) in [6.07, 6.45) is 2.27. The van der Waals surface area contributed by atoms with Gasteiger partial charge in [0.1, 0.15) is 0 Å². The van der Waals surface area contributed by atoms with Crippen LogP contribution in [0, 0.1) is 9.39 Å². The molecule has 1 aromatic heterocycles. The van der Waals surface area contributed by atoms with Gasteiger partial charge in [0.05, 0.1) is 5.56 Å². The number of rotatable bonds is 5. The van der Waals surface area contributed by atoms with Crippen LogP contribution in [0.5, 0.6) is 0 Å². The second kappa shape index (κ2) is 7.35. The predicted molar refractivity (Wildman–Crippen MR) is 90.1 cm³/mol. The standard InChI is InChI=1S/C15H15FIN3O/c1-2-7-18-14-13(16)12(6-8-19-14)15(21)20-11-5-3-4-10(17)9-11/h3-6,8-9H,2,7H2,1H3,(H,18,19)(H,20,21). The van der Waals surface area contributed by atoms with Gasteiger partial charge in [-0.25, -0.2) is 9.37 Å². The van der Waals surface area contributed by atoms with Crippen molar-refractivity contribution in [1.82, 2.24) is 4.98 Å². The third-order valence-electron chi connectivity index (χ3n) is 2.76. The smallest absolute Gasteiger partial charge is 0.258 e. The molecule has 0 unspecified atom stereocenters. The maximum atomic E-state index is 14.2. The summed E-state index contributed by atoms with van der Waals surface area (Å²) in [7, 11) is 0. The molecule has 0 aliphatic carbocycles. The Kier molecular flexibility index (Phi) is 5.49. The van der Waals surface area contributed by atoms with E-state index in [1.165, 1.54) is 12.3 Å². The van der Waals surface area contributed by atoms with Crippen LogP contribution >= 0.6 is 22.6 Å². The molecule has 1 heterocycles. The quantitative estimate of drug-likeness (QED) is 0.750. The minimum absolute atomic E-state index is 0.0255. The van der Waals surface area contributed by atoms with Crippen molar-refractivity contribution in [1.29, 1.82) is 0 Å². The van der Waals surface area contributed by atoms with Crippen LogP contribution in [0.2, 0.25) is 0 Å². The first-order valence-corrected chi connectivity index (χ1v) is 7.65. The van der Waals surface area contributed by atoms with E-state index in [9.17, 15) is 9.18 Å². The molecule has 21 heavy (non-hydrogen) atoms. The molecule has 0 saturated carbocycles.